The van der Waals surface area contributed by atoms with Gasteiger partial charge in [0.1, 0.15) is 0 Å². The van der Waals surface area contributed by atoms with Crippen LogP contribution in [0.1, 0.15) is 26.3 Å². The van der Waals surface area contributed by atoms with Crippen LogP contribution in [0.2, 0.25) is 0 Å². The van der Waals surface area contributed by atoms with Crippen molar-refractivity contribution in [2.75, 3.05) is 0 Å². The van der Waals surface area contributed by atoms with E-state index >= 15 is 0 Å². The van der Waals surface area contributed by atoms with Crippen molar-refractivity contribution in [3.05, 3.63) is 77.5 Å². The van der Waals surface area contributed by atoms with Gasteiger partial charge in [-0.25, -0.2) is 4.90 Å². The molecule has 1 aliphatic rings. The number of fused-ring (bicyclic) bond motifs is 1. The highest BCUT2D eigenvalue weighted by Crippen LogP contribution is 2.22. The maximum Gasteiger partial charge on any atom is 0.265 e. The second-order valence-electron chi connectivity index (χ2n) is 4.25. The molecular weight excluding hydrogens is 238 g/mol. The molecule has 0 aliphatic carbocycles. The molecule has 0 aromatic heterocycles. The number of rotatable bonds is 2. The minimum absolute atomic E-state index is 0.271. The van der Waals surface area contributed by atoms with Crippen LogP contribution in [0.15, 0.2) is 60.8 Å². The lowest BCUT2D eigenvalue weighted by atomic mass is 10.1. The van der Waals surface area contributed by atoms with Crippen molar-refractivity contribution in [2.24, 2.45) is 0 Å². The van der Waals surface area contributed by atoms with Crippen molar-refractivity contribution in [1.29, 1.82) is 0 Å². The molecule has 0 saturated carbocycles. The maximum atomic E-state index is 12.1. The van der Waals surface area contributed by atoms with Crippen LogP contribution in [-0.4, -0.2) is 16.7 Å². The summed E-state index contributed by atoms with van der Waals surface area (Å²) in [7, 11) is 0. The van der Waals surface area contributed by atoms with Crippen LogP contribution in [0.3, 0.4) is 0 Å². The third-order valence-electron chi connectivity index (χ3n) is 3.04. The summed E-state index contributed by atoms with van der Waals surface area (Å²) in [5, 5.41) is 0. The van der Waals surface area contributed by atoms with Gasteiger partial charge in [-0.3, -0.25) is 9.59 Å². The molecule has 0 N–H and O–H groups in total. The molecule has 0 radical (unpaired) electrons. The summed E-state index contributed by atoms with van der Waals surface area (Å²) in [5.74, 6) is -0.541. The molecule has 2 aromatic rings. The summed E-state index contributed by atoms with van der Waals surface area (Å²) in [6.07, 6.45) is 3.28. The minimum atomic E-state index is -0.271. The molecule has 0 atom stereocenters. The molecule has 0 bridgehead atoms. The van der Waals surface area contributed by atoms with Gasteiger partial charge in [0, 0.05) is 6.20 Å². The number of carbonyl (C=O) groups is 2. The van der Waals surface area contributed by atoms with Gasteiger partial charge in [0.2, 0.25) is 0 Å². The van der Waals surface area contributed by atoms with Gasteiger partial charge in [0.15, 0.2) is 0 Å². The Morgan fingerprint density at radius 1 is 0.737 bits per heavy atom. The highest BCUT2D eigenvalue weighted by molar-refractivity contribution is 6.22. The van der Waals surface area contributed by atoms with E-state index in [2.05, 4.69) is 0 Å². The number of hydrogen-bond donors (Lipinski definition) is 0. The Hall–Kier alpha value is -2.68. The molecular formula is C16H11NO2. The van der Waals surface area contributed by atoms with Crippen LogP contribution in [0.25, 0.3) is 6.08 Å². The number of imide groups is 1. The van der Waals surface area contributed by atoms with Gasteiger partial charge in [-0.15, -0.1) is 0 Å². The molecule has 3 heteroatoms. The monoisotopic (exact) mass is 249 g/mol. The second kappa shape index (κ2) is 4.53. The number of carbonyl (C=O) groups excluding carboxylic acids is 2. The molecule has 0 unspecified atom stereocenters. The predicted molar refractivity (Wildman–Crippen MR) is 72.4 cm³/mol. The van der Waals surface area contributed by atoms with Gasteiger partial charge in [-0.05, 0) is 23.8 Å². The molecule has 92 valence electrons. The molecule has 2 aromatic carbocycles. The number of amides is 2. The topological polar surface area (TPSA) is 37.4 Å². The molecule has 2 amide bonds. The number of benzene rings is 2. The fourth-order valence-electron chi connectivity index (χ4n) is 2.07. The van der Waals surface area contributed by atoms with E-state index in [1.54, 1.807) is 30.3 Å². The van der Waals surface area contributed by atoms with Crippen molar-refractivity contribution < 1.29 is 9.59 Å². The lowest BCUT2D eigenvalue weighted by Gasteiger charge is -2.06. The highest BCUT2D eigenvalue weighted by atomic mass is 16.2. The van der Waals surface area contributed by atoms with Crippen molar-refractivity contribution in [3.8, 4) is 0 Å². The normalized spacial score (nSPS) is 14.2. The molecule has 3 nitrogen and oxygen atoms in total. The largest absolute Gasteiger partial charge is 0.268 e. The molecule has 0 spiro atoms. The Labute approximate surface area is 110 Å². The molecule has 1 heterocycles. The van der Waals surface area contributed by atoms with Gasteiger partial charge in [-0.2, -0.15) is 0 Å². The third-order valence-corrected chi connectivity index (χ3v) is 3.04. The van der Waals surface area contributed by atoms with E-state index < -0.39 is 0 Å². The van der Waals surface area contributed by atoms with Crippen LogP contribution in [0, 0.1) is 0 Å². The zero-order chi connectivity index (χ0) is 13.2. The van der Waals surface area contributed by atoms with Crippen LogP contribution >= 0.6 is 0 Å². The Morgan fingerprint density at radius 3 is 1.84 bits per heavy atom. The average molecular weight is 249 g/mol. The highest BCUT2D eigenvalue weighted by Gasteiger charge is 2.33. The summed E-state index contributed by atoms with van der Waals surface area (Å²) >= 11 is 0. The Morgan fingerprint density at radius 2 is 1.26 bits per heavy atom. The van der Waals surface area contributed by atoms with Crippen molar-refractivity contribution in [2.45, 2.75) is 0 Å². The number of nitrogens with zero attached hydrogens (tertiary/aromatic N) is 1. The molecule has 0 saturated heterocycles. The molecule has 19 heavy (non-hydrogen) atoms. The second-order valence-corrected chi connectivity index (χ2v) is 4.25. The lowest BCUT2D eigenvalue weighted by molar-refractivity contribution is 0.0722. The summed E-state index contributed by atoms with van der Waals surface area (Å²) < 4.78 is 0. The van der Waals surface area contributed by atoms with E-state index in [0.717, 1.165) is 10.5 Å². The van der Waals surface area contributed by atoms with Gasteiger partial charge in [-0.1, -0.05) is 42.5 Å². The fourth-order valence-corrected chi connectivity index (χ4v) is 2.07. The SMILES string of the molecule is O=C1c2ccccc2C(=O)N1/C=C/c1ccccc1. The van der Waals surface area contributed by atoms with E-state index in [1.807, 2.05) is 30.3 Å². The van der Waals surface area contributed by atoms with E-state index in [0.29, 0.717) is 11.1 Å². The first-order chi connectivity index (χ1) is 9.27. The van der Waals surface area contributed by atoms with Gasteiger partial charge in [0.25, 0.3) is 11.8 Å². The first kappa shape index (κ1) is 11.4. The molecule has 1 aliphatic heterocycles. The Bertz CT molecular complexity index is 639. The van der Waals surface area contributed by atoms with Crippen LogP contribution in [-0.2, 0) is 0 Å². The smallest absolute Gasteiger partial charge is 0.265 e. The summed E-state index contributed by atoms with van der Waals surface area (Å²) in [5.41, 5.74) is 1.87. The van der Waals surface area contributed by atoms with Crippen molar-refractivity contribution in [1.82, 2.24) is 4.90 Å². The predicted octanol–water partition coefficient (Wildman–Crippen LogP) is 2.95. The summed E-state index contributed by atoms with van der Waals surface area (Å²) in [4.78, 5) is 25.3. The van der Waals surface area contributed by atoms with Crippen molar-refractivity contribution in [3.63, 3.8) is 0 Å². The Kier molecular flexibility index (Phi) is 2.72. The van der Waals surface area contributed by atoms with Crippen LogP contribution in [0.5, 0.6) is 0 Å². The van der Waals surface area contributed by atoms with Crippen LogP contribution < -0.4 is 0 Å². The number of hydrogen-bond acceptors (Lipinski definition) is 2. The third kappa shape index (κ3) is 1.95. The zero-order valence-electron chi connectivity index (χ0n) is 10.1. The maximum absolute atomic E-state index is 12.1. The van der Waals surface area contributed by atoms with E-state index in [1.165, 1.54) is 6.20 Å². The van der Waals surface area contributed by atoms with E-state index in [9.17, 15) is 9.59 Å². The quantitative estimate of drug-likeness (QED) is 0.767. The lowest BCUT2D eigenvalue weighted by Crippen LogP contribution is -2.23. The summed E-state index contributed by atoms with van der Waals surface area (Å²) in [6.45, 7) is 0. The van der Waals surface area contributed by atoms with Crippen LogP contribution in [0.4, 0.5) is 0 Å². The molecule has 3 rings (SSSR count). The fraction of sp³-hybridized carbons (Fsp3) is 0. The minimum Gasteiger partial charge on any atom is -0.268 e. The Balaban J connectivity index is 1.91. The first-order valence-corrected chi connectivity index (χ1v) is 5.97. The van der Waals surface area contributed by atoms with Gasteiger partial charge >= 0.3 is 0 Å². The first-order valence-electron chi connectivity index (χ1n) is 5.97. The zero-order valence-corrected chi connectivity index (χ0v) is 10.1. The van der Waals surface area contributed by atoms with Gasteiger partial charge in [0.05, 0.1) is 11.1 Å². The average Bonchev–Trinajstić information content (AvgIpc) is 2.71. The molecule has 0 fully saturated rings. The van der Waals surface area contributed by atoms with Crippen molar-refractivity contribution >= 4 is 17.9 Å². The summed E-state index contributed by atoms with van der Waals surface area (Å²) in [6, 6.07) is 16.4. The van der Waals surface area contributed by atoms with E-state index in [4.69, 9.17) is 0 Å². The van der Waals surface area contributed by atoms with E-state index in [-0.39, 0.29) is 11.8 Å². The standard InChI is InChI=1S/C16H11NO2/c18-15-13-8-4-5-9-14(13)16(19)17(15)11-10-12-6-2-1-3-7-12/h1-11H/b11-10+. The van der Waals surface area contributed by atoms with Gasteiger partial charge < -0.3 is 0 Å².